The summed E-state index contributed by atoms with van der Waals surface area (Å²) in [5, 5.41) is 3.41. The first-order chi connectivity index (χ1) is 9.29. The lowest BCUT2D eigenvalue weighted by molar-refractivity contribution is 0.563. The summed E-state index contributed by atoms with van der Waals surface area (Å²) in [4.78, 5) is 7.26. The van der Waals surface area contributed by atoms with Crippen molar-refractivity contribution >= 4 is 5.82 Å². The molecule has 0 aliphatic rings. The van der Waals surface area contributed by atoms with Gasteiger partial charge in [-0.15, -0.1) is 0 Å². The minimum absolute atomic E-state index is 0.0768. The van der Waals surface area contributed by atoms with Crippen molar-refractivity contribution in [2.24, 2.45) is 0 Å². The first-order valence-corrected chi connectivity index (χ1v) is 7.78. The predicted molar refractivity (Wildman–Crippen MR) is 88.5 cm³/mol. The predicted octanol–water partition coefficient (Wildman–Crippen LogP) is 3.72. The fourth-order valence-electron chi connectivity index (χ4n) is 2.27. The Hall–Kier alpha value is -1.09. The van der Waals surface area contributed by atoms with E-state index in [9.17, 15) is 0 Å². The maximum Gasteiger partial charge on any atom is 0.129 e. The molecule has 0 radical (unpaired) electrons. The number of nitrogens with one attached hydrogen (secondary N) is 1. The number of pyridine rings is 1. The zero-order chi connectivity index (χ0) is 15.3. The van der Waals surface area contributed by atoms with Gasteiger partial charge in [-0.1, -0.05) is 27.7 Å². The van der Waals surface area contributed by atoms with Crippen molar-refractivity contribution in [3.63, 3.8) is 0 Å². The zero-order valence-corrected chi connectivity index (χ0v) is 14.2. The summed E-state index contributed by atoms with van der Waals surface area (Å²) in [6, 6.07) is 4.93. The van der Waals surface area contributed by atoms with Gasteiger partial charge in [-0.2, -0.15) is 0 Å². The van der Waals surface area contributed by atoms with E-state index in [2.05, 4.69) is 70.8 Å². The van der Waals surface area contributed by atoms with E-state index in [1.165, 1.54) is 11.3 Å². The number of aromatic nitrogens is 1. The van der Waals surface area contributed by atoms with E-state index in [1.807, 2.05) is 0 Å². The molecule has 1 heterocycles. The van der Waals surface area contributed by atoms with Crippen LogP contribution in [0.15, 0.2) is 12.1 Å². The van der Waals surface area contributed by atoms with Gasteiger partial charge in [-0.25, -0.2) is 4.98 Å². The largest absolute Gasteiger partial charge is 0.354 e. The lowest BCUT2D eigenvalue weighted by Crippen LogP contribution is -2.32. The average molecular weight is 277 g/mol. The monoisotopic (exact) mass is 277 g/mol. The fraction of sp³-hybridized carbons (Fsp3) is 0.706. The van der Waals surface area contributed by atoms with E-state index < -0.39 is 0 Å². The Morgan fingerprint density at radius 3 is 2.30 bits per heavy atom. The van der Waals surface area contributed by atoms with Crippen LogP contribution < -0.4 is 10.2 Å². The minimum atomic E-state index is 0.0768. The van der Waals surface area contributed by atoms with Gasteiger partial charge in [-0.3, -0.25) is 0 Å². The summed E-state index contributed by atoms with van der Waals surface area (Å²) in [6.07, 6.45) is 0. The van der Waals surface area contributed by atoms with Gasteiger partial charge >= 0.3 is 0 Å². The highest BCUT2D eigenvalue weighted by atomic mass is 15.2. The number of nitrogens with zero attached hydrogens (tertiary/aromatic N) is 2. The molecular weight excluding hydrogens is 246 g/mol. The summed E-state index contributed by atoms with van der Waals surface area (Å²) in [7, 11) is 0. The van der Waals surface area contributed by atoms with Gasteiger partial charge in [0, 0.05) is 30.2 Å². The van der Waals surface area contributed by atoms with Crippen molar-refractivity contribution in [2.45, 2.75) is 66.5 Å². The molecule has 0 saturated heterocycles. The molecule has 0 saturated carbocycles. The van der Waals surface area contributed by atoms with Crippen LogP contribution in [0.2, 0.25) is 0 Å². The number of anilines is 1. The summed E-state index contributed by atoms with van der Waals surface area (Å²) < 4.78 is 0. The van der Waals surface area contributed by atoms with E-state index in [-0.39, 0.29) is 5.41 Å². The molecule has 0 fully saturated rings. The van der Waals surface area contributed by atoms with E-state index in [0.29, 0.717) is 6.04 Å². The Labute approximate surface area is 124 Å². The van der Waals surface area contributed by atoms with Crippen LogP contribution in [0.1, 0.15) is 59.7 Å². The van der Waals surface area contributed by atoms with Gasteiger partial charge in [0.05, 0.1) is 0 Å². The molecule has 3 heteroatoms. The Bertz CT molecular complexity index is 419. The molecule has 1 aromatic heterocycles. The van der Waals surface area contributed by atoms with Crippen LogP contribution in [0.3, 0.4) is 0 Å². The van der Waals surface area contributed by atoms with Crippen molar-refractivity contribution in [1.29, 1.82) is 0 Å². The van der Waals surface area contributed by atoms with E-state index in [0.717, 1.165) is 25.5 Å². The van der Waals surface area contributed by atoms with E-state index >= 15 is 0 Å². The first kappa shape index (κ1) is 17.0. The smallest absolute Gasteiger partial charge is 0.129 e. The summed E-state index contributed by atoms with van der Waals surface area (Å²) in [6.45, 7) is 18.3. The average Bonchev–Trinajstić information content (AvgIpc) is 2.35. The van der Waals surface area contributed by atoms with Crippen LogP contribution in [-0.4, -0.2) is 24.1 Å². The molecule has 3 nitrogen and oxygen atoms in total. The second-order valence-electron chi connectivity index (χ2n) is 6.63. The molecular formula is C17H31N3. The van der Waals surface area contributed by atoms with Crippen LogP contribution in [0.25, 0.3) is 0 Å². The molecule has 0 aromatic carbocycles. The zero-order valence-electron chi connectivity index (χ0n) is 14.2. The minimum Gasteiger partial charge on any atom is -0.354 e. The van der Waals surface area contributed by atoms with Crippen LogP contribution in [0.4, 0.5) is 5.82 Å². The van der Waals surface area contributed by atoms with Gasteiger partial charge in [0.15, 0.2) is 0 Å². The fourth-order valence-corrected chi connectivity index (χ4v) is 2.27. The SMILES string of the molecule is CCNCc1cc(N(CC)C(C)C)nc(C(C)(C)C)c1. The van der Waals surface area contributed by atoms with Gasteiger partial charge in [-0.05, 0) is 45.0 Å². The lowest BCUT2D eigenvalue weighted by atomic mass is 9.90. The number of hydrogen-bond donors (Lipinski definition) is 1. The van der Waals surface area contributed by atoms with E-state index in [4.69, 9.17) is 4.98 Å². The standard InChI is InChI=1S/C17H31N3/c1-8-18-12-14-10-15(17(5,6)7)19-16(11-14)20(9-2)13(3)4/h10-11,13,18H,8-9,12H2,1-7H3. The molecule has 20 heavy (non-hydrogen) atoms. The van der Waals surface area contributed by atoms with Crippen molar-refractivity contribution in [3.8, 4) is 0 Å². The molecule has 1 aromatic rings. The van der Waals surface area contributed by atoms with Crippen LogP contribution in [0, 0.1) is 0 Å². The van der Waals surface area contributed by atoms with Gasteiger partial charge in [0.1, 0.15) is 5.82 Å². The number of hydrogen-bond acceptors (Lipinski definition) is 3. The summed E-state index contributed by atoms with van der Waals surface area (Å²) >= 11 is 0. The lowest BCUT2D eigenvalue weighted by Gasteiger charge is -2.29. The quantitative estimate of drug-likeness (QED) is 0.859. The second-order valence-corrected chi connectivity index (χ2v) is 6.63. The topological polar surface area (TPSA) is 28.2 Å². The highest BCUT2D eigenvalue weighted by Gasteiger charge is 2.19. The highest BCUT2D eigenvalue weighted by molar-refractivity contribution is 5.44. The van der Waals surface area contributed by atoms with Crippen LogP contribution in [0.5, 0.6) is 0 Å². The Morgan fingerprint density at radius 2 is 1.85 bits per heavy atom. The normalized spacial score (nSPS) is 12.0. The molecule has 1 N–H and O–H groups in total. The molecule has 1 rings (SSSR count). The molecule has 0 bridgehead atoms. The highest BCUT2D eigenvalue weighted by Crippen LogP contribution is 2.25. The maximum absolute atomic E-state index is 4.90. The molecule has 0 unspecified atom stereocenters. The Morgan fingerprint density at radius 1 is 1.20 bits per heavy atom. The molecule has 0 spiro atoms. The van der Waals surface area contributed by atoms with Crippen molar-refractivity contribution in [2.75, 3.05) is 18.0 Å². The third-order valence-corrected chi connectivity index (χ3v) is 3.48. The molecule has 114 valence electrons. The maximum atomic E-state index is 4.90. The van der Waals surface area contributed by atoms with Crippen molar-refractivity contribution in [3.05, 3.63) is 23.4 Å². The first-order valence-electron chi connectivity index (χ1n) is 7.78. The van der Waals surface area contributed by atoms with Gasteiger partial charge in [0.25, 0.3) is 0 Å². The van der Waals surface area contributed by atoms with Crippen molar-refractivity contribution in [1.82, 2.24) is 10.3 Å². The van der Waals surface area contributed by atoms with Gasteiger partial charge < -0.3 is 10.2 Å². The third kappa shape index (κ3) is 4.48. The summed E-state index contributed by atoms with van der Waals surface area (Å²) in [5.41, 5.74) is 2.57. The van der Waals surface area contributed by atoms with Gasteiger partial charge in [0.2, 0.25) is 0 Å². The Kier molecular flexibility index (Phi) is 6.00. The molecule has 0 atom stereocenters. The second kappa shape index (κ2) is 7.07. The molecule has 0 amide bonds. The molecule has 0 aliphatic heterocycles. The van der Waals surface area contributed by atoms with Crippen LogP contribution in [-0.2, 0) is 12.0 Å². The third-order valence-electron chi connectivity index (χ3n) is 3.48. The number of rotatable bonds is 6. The van der Waals surface area contributed by atoms with Crippen molar-refractivity contribution < 1.29 is 0 Å². The molecule has 0 aliphatic carbocycles. The Balaban J connectivity index is 3.22. The van der Waals surface area contributed by atoms with E-state index in [1.54, 1.807) is 0 Å². The summed E-state index contributed by atoms with van der Waals surface area (Å²) in [5.74, 6) is 1.10. The van der Waals surface area contributed by atoms with Crippen LogP contribution >= 0.6 is 0 Å².